The van der Waals surface area contributed by atoms with E-state index in [1.54, 1.807) is 0 Å². The minimum Gasteiger partial charge on any atom is -0.410 e. The lowest BCUT2D eigenvalue weighted by atomic mass is 9.93. The Kier molecular flexibility index (Phi) is 5.80. The van der Waals surface area contributed by atoms with Gasteiger partial charge in [-0.1, -0.05) is 24.3 Å². The minimum absolute atomic E-state index is 0.257. The molecule has 164 valence electrons. The maximum Gasteiger partial charge on any atom is 0.412 e. The predicted octanol–water partition coefficient (Wildman–Crippen LogP) is 2.61. The number of amides is 1. The van der Waals surface area contributed by atoms with Crippen LogP contribution in [0, 0.1) is 0 Å². The summed E-state index contributed by atoms with van der Waals surface area (Å²) in [5.41, 5.74) is 5.21. The molecule has 3 aliphatic heterocycles. The van der Waals surface area contributed by atoms with Crippen molar-refractivity contribution in [3.8, 4) is 5.75 Å². The van der Waals surface area contributed by atoms with Crippen LogP contribution in [-0.2, 0) is 17.7 Å². The van der Waals surface area contributed by atoms with Gasteiger partial charge >= 0.3 is 6.09 Å². The molecular formula is C24H30N4O3. The molecule has 31 heavy (non-hydrogen) atoms. The van der Waals surface area contributed by atoms with E-state index in [2.05, 4.69) is 57.4 Å². The number of carbonyl (C=O) groups excluding carboxylic acids is 1. The van der Waals surface area contributed by atoms with Gasteiger partial charge in [0.15, 0.2) is 0 Å². The van der Waals surface area contributed by atoms with Crippen LogP contribution in [0.25, 0.3) is 0 Å². The van der Waals surface area contributed by atoms with Crippen molar-refractivity contribution < 1.29 is 14.3 Å². The first-order chi connectivity index (χ1) is 15.2. The highest BCUT2D eigenvalue weighted by atomic mass is 16.6. The third-order valence-corrected chi connectivity index (χ3v) is 6.53. The summed E-state index contributed by atoms with van der Waals surface area (Å²) in [5, 5.41) is 2.86. The molecule has 0 bridgehead atoms. The smallest absolute Gasteiger partial charge is 0.410 e. The van der Waals surface area contributed by atoms with Crippen molar-refractivity contribution in [2.24, 2.45) is 0 Å². The van der Waals surface area contributed by atoms with Gasteiger partial charge in [-0.25, -0.2) is 4.79 Å². The second-order valence-electron chi connectivity index (χ2n) is 8.46. The number of nitrogens with zero attached hydrogens (tertiary/aromatic N) is 3. The lowest BCUT2D eigenvalue weighted by Gasteiger charge is -2.47. The van der Waals surface area contributed by atoms with Gasteiger partial charge in [0.05, 0.1) is 13.2 Å². The third kappa shape index (κ3) is 4.26. The third-order valence-electron chi connectivity index (χ3n) is 6.53. The van der Waals surface area contributed by atoms with Crippen LogP contribution in [0.1, 0.15) is 22.9 Å². The second kappa shape index (κ2) is 8.86. The molecule has 1 unspecified atom stereocenters. The molecule has 2 aromatic carbocycles. The van der Waals surface area contributed by atoms with E-state index in [-0.39, 0.29) is 6.17 Å². The number of benzene rings is 2. The molecule has 0 aromatic heterocycles. The Labute approximate surface area is 183 Å². The van der Waals surface area contributed by atoms with Crippen molar-refractivity contribution in [1.82, 2.24) is 15.1 Å². The highest BCUT2D eigenvalue weighted by molar-refractivity contribution is 5.71. The van der Waals surface area contributed by atoms with Gasteiger partial charge in [0.25, 0.3) is 0 Å². The quantitative estimate of drug-likeness (QED) is 0.818. The number of hydrogen-bond donors (Lipinski definition) is 1. The fourth-order valence-electron chi connectivity index (χ4n) is 4.95. The molecule has 2 aromatic rings. The Bertz CT molecular complexity index is 944. The molecule has 1 N–H and O–H groups in total. The summed E-state index contributed by atoms with van der Waals surface area (Å²) in [6.07, 6.45) is 0.923. The Morgan fingerprint density at radius 3 is 2.84 bits per heavy atom. The monoisotopic (exact) mass is 422 g/mol. The zero-order valence-corrected chi connectivity index (χ0v) is 18.0. The lowest BCUT2D eigenvalue weighted by Crippen LogP contribution is -2.47. The summed E-state index contributed by atoms with van der Waals surface area (Å²) in [6.45, 7) is 6.61. The highest BCUT2D eigenvalue weighted by Crippen LogP contribution is 2.42. The average Bonchev–Trinajstić information content (AvgIpc) is 2.79. The normalized spacial score (nSPS) is 21.1. The summed E-state index contributed by atoms with van der Waals surface area (Å²) in [6, 6.07) is 14.7. The first kappa shape index (κ1) is 20.3. The average molecular weight is 423 g/mol. The maximum absolute atomic E-state index is 12.3. The van der Waals surface area contributed by atoms with Crippen molar-refractivity contribution >= 4 is 11.8 Å². The molecule has 0 saturated carbocycles. The number of rotatable bonds is 4. The van der Waals surface area contributed by atoms with Gasteiger partial charge in [0.1, 0.15) is 11.9 Å². The van der Waals surface area contributed by atoms with E-state index in [1.165, 1.54) is 22.4 Å². The molecule has 7 nitrogen and oxygen atoms in total. The van der Waals surface area contributed by atoms with Crippen molar-refractivity contribution in [3.63, 3.8) is 0 Å². The van der Waals surface area contributed by atoms with Crippen molar-refractivity contribution in [3.05, 3.63) is 59.2 Å². The first-order valence-electron chi connectivity index (χ1n) is 11.1. The van der Waals surface area contributed by atoms with E-state index < -0.39 is 6.09 Å². The number of fused-ring (bicyclic) bond motifs is 4. The SMILES string of the molecule is CN1c2ccc(OC(=O)NCCN3CCOCC3)cc2CN2CCc3ccccc3C21. The summed E-state index contributed by atoms with van der Waals surface area (Å²) in [4.78, 5) is 19.4. The first-order valence-corrected chi connectivity index (χ1v) is 11.1. The van der Waals surface area contributed by atoms with Gasteiger partial charge < -0.3 is 19.7 Å². The van der Waals surface area contributed by atoms with Crippen molar-refractivity contribution in [1.29, 1.82) is 0 Å². The number of ether oxygens (including phenoxy) is 2. The van der Waals surface area contributed by atoms with E-state index >= 15 is 0 Å². The molecule has 1 atom stereocenters. The van der Waals surface area contributed by atoms with Crippen LogP contribution in [0.15, 0.2) is 42.5 Å². The van der Waals surface area contributed by atoms with Gasteiger partial charge in [0.2, 0.25) is 0 Å². The molecule has 0 radical (unpaired) electrons. The maximum atomic E-state index is 12.3. The van der Waals surface area contributed by atoms with Gasteiger partial charge in [-0.2, -0.15) is 0 Å². The minimum atomic E-state index is -0.401. The molecule has 0 aliphatic carbocycles. The Hall–Kier alpha value is -2.61. The number of carbonyl (C=O) groups is 1. The molecular weight excluding hydrogens is 392 g/mol. The summed E-state index contributed by atoms with van der Waals surface area (Å²) in [5.74, 6) is 0.590. The van der Waals surface area contributed by atoms with E-state index in [9.17, 15) is 4.79 Å². The van der Waals surface area contributed by atoms with E-state index in [0.29, 0.717) is 12.3 Å². The Balaban J connectivity index is 1.23. The number of hydrogen-bond acceptors (Lipinski definition) is 6. The van der Waals surface area contributed by atoms with Gasteiger partial charge in [-0.15, -0.1) is 0 Å². The molecule has 7 heteroatoms. The Morgan fingerprint density at radius 1 is 1.13 bits per heavy atom. The van der Waals surface area contributed by atoms with Crippen LogP contribution < -0.4 is 15.0 Å². The van der Waals surface area contributed by atoms with Crippen LogP contribution in [0.2, 0.25) is 0 Å². The zero-order valence-electron chi connectivity index (χ0n) is 18.0. The topological polar surface area (TPSA) is 57.3 Å². The van der Waals surface area contributed by atoms with Crippen LogP contribution >= 0.6 is 0 Å². The van der Waals surface area contributed by atoms with Crippen LogP contribution in [0.5, 0.6) is 5.75 Å². The van der Waals surface area contributed by atoms with E-state index in [0.717, 1.165) is 52.4 Å². The number of morpholine rings is 1. The fraction of sp³-hybridized carbons (Fsp3) is 0.458. The standard InChI is InChI=1S/C24H30N4O3/c1-26-22-7-6-20(31-24(29)25-9-11-27-12-14-30-15-13-27)16-19(22)17-28-10-8-18-4-2-3-5-21(18)23(26)28/h2-7,16,23H,8-15,17H2,1H3,(H,25,29). The molecule has 1 fully saturated rings. The van der Waals surface area contributed by atoms with Gasteiger partial charge in [-0.3, -0.25) is 9.80 Å². The molecule has 3 aliphatic rings. The van der Waals surface area contributed by atoms with E-state index in [4.69, 9.17) is 9.47 Å². The Morgan fingerprint density at radius 2 is 1.97 bits per heavy atom. The van der Waals surface area contributed by atoms with Crippen LogP contribution in [0.3, 0.4) is 0 Å². The summed E-state index contributed by atoms with van der Waals surface area (Å²) in [7, 11) is 2.15. The fourth-order valence-corrected chi connectivity index (χ4v) is 4.95. The molecule has 5 rings (SSSR count). The number of nitrogens with one attached hydrogen (secondary N) is 1. The highest BCUT2D eigenvalue weighted by Gasteiger charge is 2.35. The predicted molar refractivity (Wildman–Crippen MR) is 119 cm³/mol. The summed E-state index contributed by atoms with van der Waals surface area (Å²) >= 11 is 0. The van der Waals surface area contributed by atoms with Gasteiger partial charge in [-0.05, 0) is 41.3 Å². The largest absolute Gasteiger partial charge is 0.412 e. The van der Waals surface area contributed by atoms with Crippen LogP contribution in [-0.4, -0.2) is 68.9 Å². The molecule has 3 heterocycles. The van der Waals surface area contributed by atoms with E-state index in [1.807, 2.05) is 12.1 Å². The summed E-state index contributed by atoms with van der Waals surface area (Å²) < 4.78 is 10.9. The van der Waals surface area contributed by atoms with Crippen molar-refractivity contribution in [2.45, 2.75) is 19.1 Å². The molecule has 1 amide bonds. The lowest BCUT2D eigenvalue weighted by molar-refractivity contribution is 0.0385. The second-order valence-corrected chi connectivity index (χ2v) is 8.46. The zero-order chi connectivity index (χ0) is 21.2. The van der Waals surface area contributed by atoms with Crippen LogP contribution in [0.4, 0.5) is 10.5 Å². The molecule has 1 saturated heterocycles. The molecule has 0 spiro atoms. The van der Waals surface area contributed by atoms with Gasteiger partial charge in [0, 0.05) is 52.0 Å². The van der Waals surface area contributed by atoms with Crippen molar-refractivity contribution in [2.75, 3.05) is 57.9 Å². The number of anilines is 1.